The van der Waals surface area contributed by atoms with Crippen molar-refractivity contribution in [3.8, 4) is 5.69 Å². The van der Waals surface area contributed by atoms with Crippen LogP contribution in [0, 0.1) is 18.7 Å². The lowest BCUT2D eigenvalue weighted by atomic mass is 9.99. The zero-order chi connectivity index (χ0) is 41.1. The Bertz CT molecular complexity index is 2240. The highest BCUT2D eigenvalue weighted by molar-refractivity contribution is 5.99. The third kappa shape index (κ3) is 10.2. The van der Waals surface area contributed by atoms with Crippen LogP contribution in [0.25, 0.3) is 27.5 Å². The first-order valence-electron chi connectivity index (χ1n) is 18.6. The molecule has 1 amide bonds. The van der Waals surface area contributed by atoms with E-state index in [1.807, 2.05) is 32.6 Å². The Kier molecular flexibility index (Phi) is 15.3. The molecule has 0 aliphatic carbocycles. The number of morpholine rings is 1. The number of aryl methyl sites for hydroxylation is 2. The Morgan fingerprint density at radius 3 is 2.36 bits per heavy atom. The van der Waals surface area contributed by atoms with Crippen molar-refractivity contribution in [1.29, 1.82) is 0 Å². The van der Waals surface area contributed by atoms with Gasteiger partial charge in [-0.15, -0.1) is 0 Å². The van der Waals surface area contributed by atoms with E-state index < -0.39 is 41.4 Å². The topological polar surface area (TPSA) is 138 Å². The Balaban J connectivity index is 0.00000109. The predicted molar refractivity (Wildman–Crippen MR) is 210 cm³/mol. The molecule has 0 radical (unpaired) electrons. The molecule has 12 nitrogen and oxygen atoms in total. The number of fused-ring (bicyclic) bond motifs is 2. The van der Waals surface area contributed by atoms with E-state index in [-0.39, 0.29) is 30.2 Å². The highest BCUT2D eigenvalue weighted by Crippen LogP contribution is 2.26. The van der Waals surface area contributed by atoms with Crippen LogP contribution in [-0.2, 0) is 27.7 Å². The number of hydrogen-bond acceptors (Lipinski definition) is 9. The van der Waals surface area contributed by atoms with Gasteiger partial charge in [0.1, 0.15) is 11.9 Å². The van der Waals surface area contributed by atoms with Gasteiger partial charge in [-0.25, -0.2) is 27.3 Å². The number of alkyl halides is 2. The summed E-state index contributed by atoms with van der Waals surface area (Å²) >= 11 is 0. The van der Waals surface area contributed by atoms with Gasteiger partial charge in [0, 0.05) is 50.0 Å². The van der Waals surface area contributed by atoms with E-state index in [0.717, 1.165) is 11.5 Å². The number of benzene rings is 2. The fraction of sp³-hybridized carbons (Fsp3) is 0.415. The maximum Gasteiger partial charge on any atom is 0.335 e. The minimum atomic E-state index is -2.17. The zero-order valence-corrected chi connectivity index (χ0v) is 32.8. The first-order valence-corrected chi connectivity index (χ1v) is 18.6. The first kappa shape index (κ1) is 43.2. The molecule has 15 heteroatoms. The first-order chi connectivity index (χ1) is 26.8. The van der Waals surface area contributed by atoms with E-state index >= 15 is 4.39 Å². The number of hydrogen-bond donors (Lipinski definition) is 1. The summed E-state index contributed by atoms with van der Waals surface area (Å²) in [5, 5.41) is 3.60. The number of aromatic nitrogens is 4. The van der Waals surface area contributed by atoms with Gasteiger partial charge < -0.3 is 19.7 Å². The van der Waals surface area contributed by atoms with Crippen LogP contribution in [-0.4, -0.2) is 76.4 Å². The number of amides is 1. The van der Waals surface area contributed by atoms with Crippen LogP contribution in [0.1, 0.15) is 62.5 Å². The van der Waals surface area contributed by atoms with Crippen LogP contribution >= 0.6 is 0 Å². The summed E-state index contributed by atoms with van der Waals surface area (Å²) in [5.74, 6) is -1.84. The molecule has 300 valence electrons. The molecule has 1 fully saturated rings. The minimum Gasteiger partial charge on any atom is -0.464 e. The lowest BCUT2D eigenvalue weighted by Gasteiger charge is -2.29. The molecule has 2 aromatic carbocycles. The summed E-state index contributed by atoms with van der Waals surface area (Å²) in [6, 6.07) is 10.2. The molecule has 1 aliphatic heterocycles. The minimum absolute atomic E-state index is 0.0302. The van der Waals surface area contributed by atoms with Gasteiger partial charge in [0.25, 0.3) is 11.5 Å². The number of halogens is 3. The van der Waals surface area contributed by atoms with E-state index in [1.165, 1.54) is 23.0 Å². The summed E-state index contributed by atoms with van der Waals surface area (Å²) in [4.78, 5) is 64.9. The third-order valence-corrected chi connectivity index (χ3v) is 8.98. The molecule has 6 rings (SSSR count). The highest BCUT2D eigenvalue weighted by atomic mass is 19.3. The molecule has 0 unspecified atom stereocenters. The lowest BCUT2D eigenvalue weighted by Crippen LogP contribution is -2.44. The molecular formula is C41H49F3N6O6. The van der Waals surface area contributed by atoms with Gasteiger partial charge >= 0.3 is 11.7 Å². The summed E-state index contributed by atoms with van der Waals surface area (Å²) in [6.07, 6.45) is 2.91. The molecule has 1 N–H and O–H groups in total. The van der Waals surface area contributed by atoms with Gasteiger partial charge in [-0.05, 0) is 67.6 Å². The van der Waals surface area contributed by atoms with Crippen molar-refractivity contribution < 1.29 is 32.2 Å². The Morgan fingerprint density at radius 1 is 1.00 bits per heavy atom. The van der Waals surface area contributed by atoms with Gasteiger partial charge in [0.05, 0.1) is 53.7 Å². The number of pyridine rings is 2. The second-order valence-corrected chi connectivity index (χ2v) is 13.3. The number of carbonyl (C=O) groups excluding carboxylic acids is 2. The maximum absolute atomic E-state index is 15.6. The molecule has 0 bridgehead atoms. The quantitative estimate of drug-likeness (QED) is 0.166. The van der Waals surface area contributed by atoms with Crippen molar-refractivity contribution in [3.05, 3.63) is 104 Å². The summed E-state index contributed by atoms with van der Waals surface area (Å²) in [6.45, 7) is 12.9. The monoisotopic (exact) mass is 778 g/mol. The number of carbonyl (C=O) groups is 2. The fourth-order valence-electron chi connectivity index (χ4n) is 6.24. The SMILES string of the molecule is CC.CC(F)F.Cc1cc(N2CCOCC2)cc(F)c1C(=O)N[C@@H](Cc1ccc(-n2c(=O)c3ccncc3n(C)c2=O)c2ncccc12)C(=O)OCCC(C)C. The number of nitrogens with zero attached hydrogens (tertiary/aromatic N) is 5. The van der Waals surface area contributed by atoms with E-state index in [2.05, 4.69) is 15.3 Å². The number of anilines is 1. The fourth-order valence-corrected chi connectivity index (χ4v) is 6.24. The van der Waals surface area contributed by atoms with Crippen molar-refractivity contribution >= 4 is 39.4 Å². The van der Waals surface area contributed by atoms with Gasteiger partial charge in [-0.1, -0.05) is 39.8 Å². The molecule has 3 aromatic heterocycles. The van der Waals surface area contributed by atoms with E-state index in [1.54, 1.807) is 56.6 Å². The molecule has 5 aromatic rings. The van der Waals surface area contributed by atoms with E-state index in [0.29, 0.717) is 71.3 Å². The number of rotatable bonds is 10. The average molecular weight is 779 g/mol. The van der Waals surface area contributed by atoms with Crippen LogP contribution in [0.3, 0.4) is 0 Å². The van der Waals surface area contributed by atoms with Crippen molar-refractivity contribution in [2.45, 2.75) is 66.9 Å². The van der Waals surface area contributed by atoms with Crippen LogP contribution < -0.4 is 21.5 Å². The van der Waals surface area contributed by atoms with Gasteiger partial charge in [-0.2, -0.15) is 0 Å². The number of nitrogens with one attached hydrogen (secondary N) is 1. The number of esters is 1. The normalized spacial score (nSPS) is 13.2. The average Bonchev–Trinajstić information content (AvgIpc) is 3.18. The second kappa shape index (κ2) is 19.8. The molecule has 1 aliphatic rings. The highest BCUT2D eigenvalue weighted by Gasteiger charge is 2.28. The van der Waals surface area contributed by atoms with Crippen molar-refractivity contribution in [1.82, 2.24) is 24.4 Å². The smallest absolute Gasteiger partial charge is 0.335 e. The Hall–Kier alpha value is -5.57. The van der Waals surface area contributed by atoms with Crippen LogP contribution in [0.4, 0.5) is 18.9 Å². The summed E-state index contributed by atoms with van der Waals surface area (Å²) < 4.78 is 49.7. The summed E-state index contributed by atoms with van der Waals surface area (Å²) in [7, 11) is 1.56. The lowest BCUT2D eigenvalue weighted by molar-refractivity contribution is -0.146. The van der Waals surface area contributed by atoms with Crippen LogP contribution in [0.2, 0.25) is 0 Å². The van der Waals surface area contributed by atoms with Gasteiger partial charge in [0.2, 0.25) is 6.43 Å². The number of ether oxygens (including phenoxy) is 2. The zero-order valence-electron chi connectivity index (χ0n) is 32.8. The molecule has 0 saturated carbocycles. The molecule has 4 heterocycles. The molecule has 0 spiro atoms. The summed E-state index contributed by atoms with van der Waals surface area (Å²) in [5.41, 5.74) is 1.40. The van der Waals surface area contributed by atoms with Crippen molar-refractivity contribution in [3.63, 3.8) is 0 Å². The largest absolute Gasteiger partial charge is 0.464 e. The van der Waals surface area contributed by atoms with E-state index in [9.17, 15) is 28.0 Å². The predicted octanol–water partition coefficient (Wildman–Crippen LogP) is 6.14. The molecule has 56 heavy (non-hydrogen) atoms. The van der Waals surface area contributed by atoms with Gasteiger partial charge in [0.15, 0.2) is 0 Å². The van der Waals surface area contributed by atoms with Crippen LogP contribution in [0.15, 0.2) is 70.6 Å². The van der Waals surface area contributed by atoms with Crippen molar-refractivity contribution in [2.75, 3.05) is 37.8 Å². The Labute approximate surface area is 323 Å². The molecular weight excluding hydrogens is 729 g/mol. The molecule has 1 saturated heterocycles. The maximum atomic E-state index is 15.6. The standard InChI is InChI=1S/C37H39FN6O6.C2H4F2.C2H6/c1-22(2)10-15-50-36(47)29(41-34(45)32-23(3)18-25(20-28(32)38)43-13-16-49-17-14-43)19-24-7-8-30(33-26(24)6-5-11-40-33)44-35(46)27-9-12-39-21-31(27)42(4)37(44)48;1-2(3)4;1-2/h5-9,11-12,18,20-22,29H,10,13-17,19H2,1-4H3,(H,41,45);2H,1H3;1-2H3/t29-;;/m0../s1. The third-order valence-electron chi connectivity index (χ3n) is 8.98. The second-order valence-electron chi connectivity index (χ2n) is 13.3. The van der Waals surface area contributed by atoms with Crippen LogP contribution in [0.5, 0.6) is 0 Å². The molecule has 1 atom stereocenters. The van der Waals surface area contributed by atoms with Gasteiger partial charge in [-0.3, -0.25) is 24.1 Å². The van der Waals surface area contributed by atoms with Crippen molar-refractivity contribution in [2.24, 2.45) is 13.0 Å². The Morgan fingerprint density at radius 2 is 1.70 bits per heavy atom. The van der Waals surface area contributed by atoms with E-state index in [4.69, 9.17) is 9.47 Å².